The molecule has 0 atom stereocenters. The summed E-state index contributed by atoms with van der Waals surface area (Å²) in [5.41, 5.74) is 4.90. The SMILES string of the molecule is CCC(O)(CC)c1ccn(NCc2ccc3c(-c4cccc(F)c4)cc(=O)oc3c2)n1. The molecule has 0 aliphatic carbocycles. The highest BCUT2D eigenvalue weighted by molar-refractivity contribution is 5.93. The van der Waals surface area contributed by atoms with E-state index in [0.29, 0.717) is 41.8 Å². The summed E-state index contributed by atoms with van der Waals surface area (Å²) in [5, 5.41) is 15.8. The van der Waals surface area contributed by atoms with Gasteiger partial charge >= 0.3 is 5.63 Å². The van der Waals surface area contributed by atoms with Gasteiger partial charge in [-0.25, -0.2) is 9.18 Å². The number of rotatable bonds is 7. The van der Waals surface area contributed by atoms with Gasteiger partial charge in [-0.15, -0.1) is 0 Å². The maximum atomic E-state index is 13.7. The van der Waals surface area contributed by atoms with Crippen molar-refractivity contribution in [3.05, 3.63) is 88.3 Å². The first-order valence-corrected chi connectivity index (χ1v) is 10.3. The molecule has 2 aromatic heterocycles. The van der Waals surface area contributed by atoms with Crippen LogP contribution >= 0.6 is 0 Å². The van der Waals surface area contributed by atoms with E-state index in [-0.39, 0.29) is 5.82 Å². The predicted molar refractivity (Wildman–Crippen MR) is 118 cm³/mol. The second kappa shape index (κ2) is 8.35. The van der Waals surface area contributed by atoms with Crippen molar-refractivity contribution in [2.45, 2.75) is 38.8 Å². The van der Waals surface area contributed by atoms with Crippen LogP contribution in [-0.2, 0) is 12.1 Å². The second-order valence-electron chi connectivity index (χ2n) is 7.54. The van der Waals surface area contributed by atoms with Gasteiger partial charge in [0.2, 0.25) is 0 Å². The molecule has 4 aromatic rings. The van der Waals surface area contributed by atoms with Gasteiger partial charge in [-0.2, -0.15) is 9.89 Å². The summed E-state index contributed by atoms with van der Waals surface area (Å²) in [6, 6.07) is 14.9. The smallest absolute Gasteiger partial charge is 0.336 e. The van der Waals surface area contributed by atoms with Crippen molar-refractivity contribution in [1.82, 2.24) is 9.89 Å². The number of fused-ring (bicyclic) bond motifs is 1. The summed E-state index contributed by atoms with van der Waals surface area (Å²) < 4.78 is 19.1. The fraction of sp³-hybridized carbons (Fsp3) is 0.250. The molecule has 0 saturated carbocycles. The van der Waals surface area contributed by atoms with Crippen LogP contribution < -0.4 is 11.1 Å². The minimum Gasteiger partial charge on any atom is -0.423 e. The maximum absolute atomic E-state index is 13.7. The van der Waals surface area contributed by atoms with E-state index in [1.54, 1.807) is 35.3 Å². The highest BCUT2D eigenvalue weighted by atomic mass is 19.1. The fourth-order valence-electron chi connectivity index (χ4n) is 3.66. The summed E-state index contributed by atoms with van der Waals surface area (Å²) in [6.07, 6.45) is 2.92. The van der Waals surface area contributed by atoms with Gasteiger partial charge in [0, 0.05) is 17.6 Å². The summed E-state index contributed by atoms with van der Waals surface area (Å²) in [6.45, 7) is 4.29. The number of aromatic nitrogens is 2. The van der Waals surface area contributed by atoms with Gasteiger partial charge in [0.15, 0.2) is 0 Å². The van der Waals surface area contributed by atoms with Crippen LogP contribution in [0.4, 0.5) is 4.39 Å². The largest absolute Gasteiger partial charge is 0.423 e. The van der Waals surface area contributed by atoms with Crippen molar-refractivity contribution in [2.75, 3.05) is 5.43 Å². The zero-order chi connectivity index (χ0) is 22.0. The van der Waals surface area contributed by atoms with E-state index in [1.165, 1.54) is 18.2 Å². The third-order valence-electron chi connectivity index (χ3n) is 5.63. The molecule has 2 N–H and O–H groups in total. The summed E-state index contributed by atoms with van der Waals surface area (Å²) in [7, 11) is 0. The molecular weight excluding hydrogens is 397 g/mol. The monoisotopic (exact) mass is 421 g/mol. The molecule has 0 spiro atoms. The minimum atomic E-state index is -0.938. The van der Waals surface area contributed by atoms with Crippen LogP contribution in [0.1, 0.15) is 37.9 Å². The Morgan fingerprint density at radius 2 is 1.94 bits per heavy atom. The number of nitrogens with zero attached hydrogens (tertiary/aromatic N) is 2. The van der Waals surface area contributed by atoms with Crippen molar-refractivity contribution < 1.29 is 13.9 Å². The van der Waals surface area contributed by atoms with Gasteiger partial charge < -0.3 is 14.9 Å². The van der Waals surface area contributed by atoms with Crippen LogP contribution in [0, 0.1) is 5.82 Å². The van der Waals surface area contributed by atoms with Crippen molar-refractivity contribution >= 4 is 11.0 Å². The first kappa shape index (κ1) is 20.8. The lowest BCUT2D eigenvalue weighted by Crippen LogP contribution is -2.25. The molecule has 4 rings (SSSR count). The van der Waals surface area contributed by atoms with Gasteiger partial charge in [-0.05, 0) is 53.8 Å². The van der Waals surface area contributed by atoms with Gasteiger partial charge in [0.05, 0.1) is 12.2 Å². The van der Waals surface area contributed by atoms with Crippen LogP contribution in [0.5, 0.6) is 0 Å². The van der Waals surface area contributed by atoms with E-state index in [1.807, 2.05) is 26.0 Å². The lowest BCUT2D eigenvalue weighted by Gasteiger charge is -2.22. The second-order valence-corrected chi connectivity index (χ2v) is 7.54. The molecule has 160 valence electrons. The van der Waals surface area contributed by atoms with Crippen LogP contribution in [0.15, 0.2) is 70.0 Å². The highest BCUT2D eigenvalue weighted by Crippen LogP contribution is 2.29. The molecule has 6 nitrogen and oxygen atoms in total. The average Bonchev–Trinajstić information content (AvgIpc) is 3.26. The first-order valence-electron chi connectivity index (χ1n) is 10.3. The molecular formula is C24H24FN3O3. The molecule has 0 aliphatic heterocycles. The first-order chi connectivity index (χ1) is 14.9. The summed E-state index contributed by atoms with van der Waals surface area (Å²) >= 11 is 0. The van der Waals surface area contributed by atoms with E-state index in [0.717, 1.165) is 10.9 Å². The maximum Gasteiger partial charge on any atom is 0.336 e. The topological polar surface area (TPSA) is 80.3 Å². The zero-order valence-electron chi connectivity index (χ0n) is 17.4. The molecule has 7 heteroatoms. The Hall–Kier alpha value is -3.45. The van der Waals surface area contributed by atoms with Gasteiger partial charge in [-0.3, -0.25) is 0 Å². The van der Waals surface area contributed by atoms with E-state index < -0.39 is 11.2 Å². The average molecular weight is 421 g/mol. The Balaban J connectivity index is 1.59. The quantitative estimate of drug-likeness (QED) is 0.428. The Kier molecular flexibility index (Phi) is 5.61. The normalized spacial score (nSPS) is 11.7. The minimum absolute atomic E-state index is 0.364. The Bertz CT molecular complexity index is 1270. The number of halogens is 1. The Morgan fingerprint density at radius 1 is 1.13 bits per heavy atom. The van der Waals surface area contributed by atoms with Crippen molar-refractivity contribution in [3.8, 4) is 11.1 Å². The lowest BCUT2D eigenvalue weighted by atomic mass is 9.94. The van der Waals surface area contributed by atoms with E-state index in [9.17, 15) is 14.3 Å². The Labute approximate surface area is 178 Å². The van der Waals surface area contributed by atoms with Crippen molar-refractivity contribution in [1.29, 1.82) is 0 Å². The number of hydrogen-bond donors (Lipinski definition) is 2. The molecule has 0 bridgehead atoms. The standard InChI is InChI=1S/C24H24FN3O3/c1-3-24(30,4-2)22-10-11-28(27-22)26-15-16-8-9-19-20(14-23(29)31-21(19)12-16)17-6-5-7-18(25)13-17/h5-14,26,30H,3-4,15H2,1-2H3. The summed E-state index contributed by atoms with van der Waals surface area (Å²) in [4.78, 5) is 13.7. The predicted octanol–water partition coefficient (Wildman–Crippen LogP) is 4.55. The van der Waals surface area contributed by atoms with E-state index >= 15 is 0 Å². The molecule has 31 heavy (non-hydrogen) atoms. The molecule has 0 unspecified atom stereocenters. The van der Waals surface area contributed by atoms with Crippen LogP contribution in [0.25, 0.3) is 22.1 Å². The number of benzene rings is 2. The van der Waals surface area contributed by atoms with Gasteiger partial charge in [0.25, 0.3) is 0 Å². The van der Waals surface area contributed by atoms with Gasteiger partial charge in [0.1, 0.15) is 17.0 Å². The molecule has 2 heterocycles. The molecule has 0 amide bonds. The number of aliphatic hydroxyl groups is 1. The molecule has 0 radical (unpaired) electrons. The van der Waals surface area contributed by atoms with Crippen LogP contribution in [0.3, 0.4) is 0 Å². The lowest BCUT2D eigenvalue weighted by molar-refractivity contribution is 0.0235. The molecule has 0 aliphatic rings. The summed E-state index contributed by atoms with van der Waals surface area (Å²) in [5.74, 6) is -0.364. The van der Waals surface area contributed by atoms with Crippen LogP contribution in [-0.4, -0.2) is 15.0 Å². The highest BCUT2D eigenvalue weighted by Gasteiger charge is 2.27. The van der Waals surface area contributed by atoms with Gasteiger partial charge in [-0.1, -0.05) is 38.1 Å². The number of nitrogens with one attached hydrogen (secondary N) is 1. The fourth-order valence-corrected chi connectivity index (χ4v) is 3.66. The molecule has 0 fully saturated rings. The van der Waals surface area contributed by atoms with Crippen LogP contribution in [0.2, 0.25) is 0 Å². The van der Waals surface area contributed by atoms with E-state index in [4.69, 9.17) is 4.42 Å². The number of hydrogen-bond acceptors (Lipinski definition) is 5. The van der Waals surface area contributed by atoms with Crippen molar-refractivity contribution in [2.24, 2.45) is 0 Å². The molecule has 2 aromatic carbocycles. The third kappa shape index (κ3) is 4.22. The van der Waals surface area contributed by atoms with E-state index in [2.05, 4.69) is 10.5 Å². The zero-order valence-corrected chi connectivity index (χ0v) is 17.4. The molecule has 0 saturated heterocycles. The third-order valence-corrected chi connectivity index (χ3v) is 5.63. The van der Waals surface area contributed by atoms with Crippen molar-refractivity contribution in [3.63, 3.8) is 0 Å². The Morgan fingerprint density at radius 3 is 2.68 bits per heavy atom.